The first-order chi connectivity index (χ1) is 9.47. The number of carboxylic acids is 1. The summed E-state index contributed by atoms with van der Waals surface area (Å²) in [6, 6.07) is 7.19. The number of aromatic nitrogens is 2. The van der Waals surface area contributed by atoms with E-state index in [0.29, 0.717) is 18.3 Å². The Morgan fingerprint density at radius 2 is 2.05 bits per heavy atom. The monoisotopic (exact) mass is 275 g/mol. The quantitative estimate of drug-likeness (QED) is 0.898. The van der Waals surface area contributed by atoms with Crippen molar-refractivity contribution in [2.24, 2.45) is 0 Å². The second-order valence-electron chi connectivity index (χ2n) is 4.81. The number of aliphatic carboxylic acids is 1. The second kappa shape index (κ2) is 5.83. The second-order valence-corrected chi connectivity index (χ2v) is 4.81. The largest absolute Gasteiger partial charge is 0.480 e. The maximum absolute atomic E-state index is 10.9. The van der Waals surface area contributed by atoms with Crippen molar-refractivity contribution in [1.29, 1.82) is 0 Å². The molecular weight excluding hydrogens is 258 g/mol. The van der Waals surface area contributed by atoms with Crippen molar-refractivity contribution in [3.05, 3.63) is 35.7 Å². The predicted molar refractivity (Wildman–Crippen MR) is 73.0 cm³/mol. The molecule has 0 amide bonds. The van der Waals surface area contributed by atoms with Crippen LogP contribution in [0.4, 0.5) is 0 Å². The van der Waals surface area contributed by atoms with Gasteiger partial charge < -0.3 is 9.63 Å². The molecule has 6 nitrogen and oxygen atoms in total. The van der Waals surface area contributed by atoms with Crippen LogP contribution >= 0.6 is 0 Å². The van der Waals surface area contributed by atoms with Gasteiger partial charge in [-0.1, -0.05) is 35.0 Å². The van der Waals surface area contributed by atoms with E-state index in [1.165, 1.54) is 0 Å². The first kappa shape index (κ1) is 14.2. The van der Waals surface area contributed by atoms with Gasteiger partial charge in [-0.3, -0.25) is 9.69 Å². The topological polar surface area (TPSA) is 79.5 Å². The van der Waals surface area contributed by atoms with E-state index in [0.717, 1.165) is 11.1 Å². The third kappa shape index (κ3) is 3.21. The number of aryl methyl sites for hydroxylation is 1. The van der Waals surface area contributed by atoms with Crippen LogP contribution < -0.4 is 0 Å². The van der Waals surface area contributed by atoms with E-state index in [9.17, 15) is 4.79 Å². The van der Waals surface area contributed by atoms with Crippen LogP contribution in [0.15, 0.2) is 28.8 Å². The smallest absolute Gasteiger partial charge is 0.320 e. The zero-order chi connectivity index (χ0) is 14.7. The SMILES string of the molecule is Cc1ccc(-c2noc(CN(C)C(C)C(=O)O)n2)cc1. The van der Waals surface area contributed by atoms with Gasteiger partial charge in [-0.25, -0.2) is 0 Å². The van der Waals surface area contributed by atoms with Crippen LogP contribution in [0.3, 0.4) is 0 Å². The summed E-state index contributed by atoms with van der Waals surface area (Å²) in [6.45, 7) is 3.92. The van der Waals surface area contributed by atoms with Gasteiger partial charge in [0.25, 0.3) is 0 Å². The average molecular weight is 275 g/mol. The Balaban J connectivity index is 2.09. The first-order valence-corrected chi connectivity index (χ1v) is 6.30. The summed E-state index contributed by atoms with van der Waals surface area (Å²) in [4.78, 5) is 16.8. The highest BCUT2D eigenvalue weighted by atomic mass is 16.5. The van der Waals surface area contributed by atoms with Crippen molar-refractivity contribution in [2.45, 2.75) is 26.4 Å². The average Bonchev–Trinajstić information content (AvgIpc) is 2.87. The van der Waals surface area contributed by atoms with Gasteiger partial charge in [-0.05, 0) is 20.9 Å². The van der Waals surface area contributed by atoms with E-state index in [2.05, 4.69) is 10.1 Å². The zero-order valence-electron chi connectivity index (χ0n) is 11.7. The Labute approximate surface area is 117 Å². The number of rotatable bonds is 5. The van der Waals surface area contributed by atoms with E-state index in [4.69, 9.17) is 9.63 Å². The van der Waals surface area contributed by atoms with Crippen molar-refractivity contribution in [3.8, 4) is 11.4 Å². The van der Waals surface area contributed by atoms with E-state index >= 15 is 0 Å². The molecule has 1 unspecified atom stereocenters. The summed E-state index contributed by atoms with van der Waals surface area (Å²) in [6.07, 6.45) is 0. The molecule has 0 bridgehead atoms. The standard InChI is InChI=1S/C14H17N3O3/c1-9-4-6-11(7-5-9)13-15-12(20-16-13)8-17(3)10(2)14(18)19/h4-7,10H,8H2,1-3H3,(H,18,19). The van der Waals surface area contributed by atoms with E-state index in [-0.39, 0.29) is 0 Å². The molecule has 0 aliphatic rings. The maximum Gasteiger partial charge on any atom is 0.320 e. The molecule has 1 N–H and O–H groups in total. The highest BCUT2D eigenvalue weighted by Crippen LogP contribution is 2.17. The Kier molecular flexibility index (Phi) is 4.14. The van der Waals surface area contributed by atoms with Crippen LogP contribution in [0, 0.1) is 6.92 Å². The molecule has 0 radical (unpaired) electrons. The van der Waals surface area contributed by atoms with Gasteiger partial charge in [0.2, 0.25) is 11.7 Å². The number of nitrogens with zero attached hydrogens (tertiary/aromatic N) is 3. The molecule has 0 aliphatic carbocycles. The van der Waals surface area contributed by atoms with E-state index < -0.39 is 12.0 Å². The van der Waals surface area contributed by atoms with Crippen molar-refractivity contribution in [2.75, 3.05) is 7.05 Å². The zero-order valence-corrected chi connectivity index (χ0v) is 11.7. The Bertz CT molecular complexity index is 592. The van der Waals surface area contributed by atoms with Crippen molar-refractivity contribution < 1.29 is 14.4 Å². The summed E-state index contributed by atoms with van der Waals surface area (Å²) in [5.74, 6) is 0.0262. The number of hydrogen-bond donors (Lipinski definition) is 1. The Morgan fingerprint density at radius 3 is 2.65 bits per heavy atom. The molecule has 20 heavy (non-hydrogen) atoms. The summed E-state index contributed by atoms with van der Waals surface area (Å²) < 4.78 is 5.15. The summed E-state index contributed by atoms with van der Waals surface area (Å²) in [5.41, 5.74) is 2.03. The third-order valence-corrected chi connectivity index (χ3v) is 3.18. The molecule has 1 aromatic carbocycles. The number of benzene rings is 1. The number of hydrogen-bond acceptors (Lipinski definition) is 5. The van der Waals surface area contributed by atoms with Crippen LogP contribution in [-0.4, -0.2) is 39.2 Å². The molecule has 0 fully saturated rings. The van der Waals surface area contributed by atoms with Crippen molar-refractivity contribution in [3.63, 3.8) is 0 Å². The van der Waals surface area contributed by atoms with Crippen LogP contribution in [-0.2, 0) is 11.3 Å². The number of likely N-dealkylation sites (N-methyl/N-ethyl adjacent to an activating group) is 1. The Morgan fingerprint density at radius 1 is 1.40 bits per heavy atom. The van der Waals surface area contributed by atoms with Crippen LogP contribution in [0.1, 0.15) is 18.4 Å². The highest BCUT2D eigenvalue weighted by molar-refractivity contribution is 5.72. The van der Waals surface area contributed by atoms with Crippen molar-refractivity contribution >= 4 is 5.97 Å². The highest BCUT2D eigenvalue weighted by Gasteiger charge is 2.19. The maximum atomic E-state index is 10.9. The van der Waals surface area contributed by atoms with Crippen molar-refractivity contribution in [1.82, 2.24) is 15.0 Å². The number of carboxylic acid groups (broad SMARTS) is 1. The molecular formula is C14H17N3O3. The minimum absolute atomic E-state index is 0.298. The molecule has 1 heterocycles. The third-order valence-electron chi connectivity index (χ3n) is 3.18. The van der Waals surface area contributed by atoms with E-state index in [1.54, 1.807) is 18.9 Å². The molecule has 0 spiro atoms. The van der Waals surface area contributed by atoms with Gasteiger partial charge in [0.05, 0.1) is 6.54 Å². The molecule has 2 rings (SSSR count). The lowest BCUT2D eigenvalue weighted by Gasteiger charge is -2.18. The van der Waals surface area contributed by atoms with Crippen LogP contribution in [0.2, 0.25) is 0 Å². The van der Waals surface area contributed by atoms with Crippen LogP contribution in [0.5, 0.6) is 0 Å². The Hall–Kier alpha value is -2.21. The lowest BCUT2D eigenvalue weighted by atomic mass is 10.1. The summed E-state index contributed by atoms with van der Waals surface area (Å²) in [5, 5.41) is 12.8. The number of carbonyl (C=O) groups is 1. The lowest BCUT2D eigenvalue weighted by molar-refractivity contribution is -0.142. The fourth-order valence-corrected chi connectivity index (χ4v) is 1.68. The van der Waals surface area contributed by atoms with Gasteiger partial charge in [0, 0.05) is 5.56 Å². The van der Waals surface area contributed by atoms with Gasteiger partial charge in [-0.15, -0.1) is 0 Å². The molecule has 6 heteroatoms. The molecule has 0 saturated carbocycles. The minimum atomic E-state index is -0.884. The first-order valence-electron chi connectivity index (χ1n) is 6.30. The van der Waals surface area contributed by atoms with Gasteiger partial charge in [0.1, 0.15) is 6.04 Å². The molecule has 1 atom stereocenters. The van der Waals surface area contributed by atoms with Gasteiger partial charge in [0.15, 0.2) is 0 Å². The van der Waals surface area contributed by atoms with Gasteiger partial charge in [-0.2, -0.15) is 4.98 Å². The summed E-state index contributed by atoms with van der Waals surface area (Å²) in [7, 11) is 1.70. The fourth-order valence-electron chi connectivity index (χ4n) is 1.68. The predicted octanol–water partition coefficient (Wildman–Crippen LogP) is 1.95. The summed E-state index contributed by atoms with van der Waals surface area (Å²) >= 11 is 0. The molecule has 0 saturated heterocycles. The van der Waals surface area contributed by atoms with Gasteiger partial charge >= 0.3 is 5.97 Å². The van der Waals surface area contributed by atoms with E-state index in [1.807, 2.05) is 31.2 Å². The minimum Gasteiger partial charge on any atom is -0.480 e. The normalized spacial score (nSPS) is 12.6. The molecule has 106 valence electrons. The fraction of sp³-hybridized carbons (Fsp3) is 0.357. The molecule has 1 aromatic heterocycles. The molecule has 2 aromatic rings. The molecule has 0 aliphatic heterocycles. The van der Waals surface area contributed by atoms with Crippen LogP contribution in [0.25, 0.3) is 11.4 Å². The lowest BCUT2D eigenvalue weighted by Crippen LogP contribution is -2.35.